The second-order valence-corrected chi connectivity index (χ2v) is 5.55. The van der Waals surface area contributed by atoms with Gasteiger partial charge in [0.25, 0.3) is 0 Å². The number of aromatic nitrogens is 2. The van der Waals surface area contributed by atoms with E-state index in [2.05, 4.69) is 23.4 Å². The third kappa shape index (κ3) is 2.48. The summed E-state index contributed by atoms with van der Waals surface area (Å²) in [6, 6.07) is 6.11. The third-order valence-corrected chi connectivity index (χ3v) is 3.45. The van der Waals surface area contributed by atoms with Crippen LogP contribution in [0.4, 0.5) is 0 Å². The lowest BCUT2D eigenvalue weighted by Crippen LogP contribution is -2.17. The van der Waals surface area contributed by atoms with Crippen molar-refractivity contribution < 1.29 is 9.90 Å². The van der Waals surface area contributed by atoms with Crippen LogP contribution in [0.3, 0.4) is 0 Å². The van der Waals surface area contributed by atoms with E-state index in [1.54, 1.807) is 0 Å². The summed E-state index contributed by atoms with van der Waals surface area (Å²) in [5.74, 6) is -1.20. The van der Waals surface area contributed by atoms with Gasteiger partial charge in [-0.3, -0.25) is 4.79 Å². The molecular weight excluding hydrogens is 240 g/mol. The fourth-order valence-electron chi connectivity index (χ4n) is 2.47. The van der Waals surface area contributed by atoms with Crippen LogP contribution in [-0.4, -0.2) is 20.6 Å². The molecule has 0 aliphatic heterocycles. The molecule has 0 radical (unpaired) electrons. The van der Waals surface area contributed by atoms with Gasteiger partial charge in [0.05, 0.1) is 23.3 Å². The molecule has 4 heteroatoms. The first-order valence-corrected chi connectivity index (χ1v) is 6.61. The minimum absolute atomic E-state index is 0.0575. The number of rotatable bonds is 4. The zero-order chi connectivity index (χ0) is 14.2. The molecule has 1 heterocycles. The Morgan fingerprint density at radius 3 is 2.47 bits per heavy atom. The van der Waals surface area contributed by atoms with Crippen LogP contribution in [0, 0.1) is 5.92 Å². The van der Waals surface area contributed by atoms with Crippen LogP contribution in [-0.2, 0) is 4.79 Å². The lowest BCUT2D eigenvalue weighted by atomic mass is 9.88. The molecule has 0 fully saturated rings. The third-order valence-electron chi connectivity index (χ3n) is 3.45. The average molecular weight is 260 g/mol. The van der Waals surface area contributed by atoms with Crippen molar-refractivity contribution in [1.29, 1.82) is 0 Å². The predicted molar refractivity (Wildman–Crippen MR) is 75.3 cm³/mol. The van der Waals surface area contributed by atoms with E-state index >= 15 is 0 Å². The van der Waals surface area contributed by atoms with Gasteiger partial charge in [0.2, 0.25) is 0 Å². The number of carboxylic acids is 1. The molecule has 0 spiro atoms. The Morgan fingerprint density at radius 1 is 1.26 bits per heavy atom. The maximum atomic E-state index is 11.4. The smallest absolute Gasteiger partial charge is 0.311 e. The summed E-state index contributed by atoms with van der Waals surface area (Å²) in [6.07, 6.45) is 1.81. The summed E-state index contributed by atoms with van der Waals surface area (Å²) in [7, 11) is 0. The first-order chi connectivity index (χ1) is 8.91. The van der Waals surface area contributed by atoms with E-state index in [0.717, 1.165) is 16.6 Å². The van der Waals surface area contributed by atoms with Gasteiger partial charge in [0.15, 0.2) is 0 Å². The molecule has 2 rings (SSSR count). The Morgan fingerprint density at radius 2 is 1.95 bits per heavy atom. The van der Waals surface area contributed by atoms with E-state index in [1.807, 2.05) is 38.4 Å². The van der Waals surface area contributed by atoms with Gasteiger partial charge in [-0.05, 0) is 37.5 Å². The summed E-state index contributed by atoms with van der Waals surface area (Å²) < 4.78 is 2.09. The second-order valence-electron chi connectivity index (χ2n) is 5.55. The molecule has 1 unspecified atom stereocenters. The highest BCUT2D eigenvalue weighted by atomic mass is 16.4. The molecule has 0 bridgehead atoms. The normalized spacial score (nSPS) is 13.4. The first-order valence-electron chi connectivity index (χ1n) is 6.61. The first kappa shape index (κ1) is 13.6. The predicted octanol–water partition coefficient (Wildman–Crippen LogP) is 3.44. The summed E-state index contributed by atoms with van der Waals surface area (Å²) in [5, 5.41) is 9.34. The van der Waals surface area contributed by atoms with Crippen LogP contribution >= 0.6 is 0 Å². The molecule has 1 aromatic carbocycles. The number of hydrogen-bond acceptors (Lipinski definition) is 2. The quantitative estimate of drug-likeness (QED) is 0.916. The van der Waals surface area contributed by atoms with Gasteiger partial charge >= 0.3 is 5.97 Å². The van der Waals surface area contributed by atoms with Crippen molar-refractivity contribution >= 4 is 17.0 Å². The number of aliphatic carboxylic acids is 1. The second kappa shape index (κ2) is 5.03. The zero-order valence-electron chi connectivity index (χ0n) is 11.8. The van der Waals surface area contributed by atoms with Crippen molar-refractivity contribution in [2.45, 2.75) is 39.7 Å². The number of carbonyl (C=O) groups is 1. The van der Waals surface area contributed by atoms with Crippen molar-refractivity contribution in [3.8, 4) is 0 Å². The molecule has 0 aliphatic carbocycles. The van der Waals surface area contributed by atoms with E-state index in [0.29, 0.717) is 6.04 Å². The van der Waals surface area contributed by atoms with Gasteiger partial charge in [-0.15, -0.1) is 0 Å². The van der Waals surface area contributed by atoms with Gasteiger partial charge in [0.1, 0.15) is 0 Å². The maximum absolute atomic E-state index is 11.4. The number of fused-ring (bicyclic) bond motifs is 1. The monoisotopic (exact) mass is 260 g/mol. The average Bonchev–Trinajstić information content (AvgIpc) is 2.70. The van der Waals surface area contributed by atoms with Crippen LogP contribution in [0.1, 0.15) is 45.2 Å². The Bertz CT molecular complexity index is 599. The molecule has 1 N–H and O–H groups in total. The Kier molecular flexibility index (Phi) is 3.60. The van der Waals surface area contributed by atoms with Gasteiger partial charge in [-0.25, -0.2) is 4.98 Å². The standard InChI is InChI=1S/C15H20N2O2/c1-9(2)14(15(18)19)11-5-6-13-12(7-11)16-8-17(13)10(3)4/h5-10,14H,1-4H3,(H,18,19). The van der Waals surface area contributed by atoms with Gasteiger partial charge in [-0.2, -0.15) is 0 Å². The highest BCUT2D eigenvalue weighted by Gasteiger charge is 2.24. The lowest BCUT2D eigenvalue weighted by molar-refractivity contribution is -0.139. The largest absolute Gasteiger partial charge is 0.481 e. The molecule has 0 aliphatic rings. The molecule has 0 saturated carbocycles. The molecular formula is C15H20N2O2. The van der Waals surface area contributed by atoms with Crippen LogP contribution in [0.15, 0.2) is 24.5 Å². The number of nitrogens with zero attached hydrogens (tertiary/aromatic N) is 2. The Balaban J connectivity index is 2.50. The molecule has 19 heavy (non-hydrogen) atoms. The van der Waals surface area contributed by atoms with Crippen LogP contribution in [0.5, 0.6) is 0 Å². The Labute approximate surface area is 113 Å². The van der Waals surface area contributed by atoms with Crippen molar-refractivity contribution in [3.63, 3.8) is 0 Å². The zero-order valence-corrected chi connectivity index (χ0v) is 11.8. The van der Waals surface area contributed by atoms with Crippen molar-refractivity contribution in [1.82, 2.24) is 9.55 Å². The SMILES string of the molecule is CC(C)C(C(=O)O)c1ccc2c(c1)ncn2C(C)C. The summed E-state index contributed by atoms with van der Waals surface area (Å²) in [4.78, 5) is 15.7. The van der Waals surface area contributed by atoms with E-state index in [4.69, 9.17) is 0 Å². The summed E-state index contributed by atoms with van der Waals surface area (Å²) >= 11 is 0. The highest BCUT2D eigenvalue weighted by Crippen LogP contribution is 2.28. The molecule has 2 aromatic rings. The van der Waals surface area contributed by atoms with Gasteiger partial charge in [-0.1, -0.05) is 19.9 Å². The molecule has 0 saturated heterocycles. The minimum Gasteiger partial charge on any atom is -0.481 e. The lowest BCUT2D eigenvalue weighted by Gasteiger charge is -2.16. The Hall–Kier alpha value is -1.84. The highest BCUT2D eigenvalue weighted by molar-refractivity contribution is 5.81. The molecule has 1 atom stereocenters. The molecule has 1 aromatic heterocycles. The fraction of sp³-hybridized carbons (Fsp3) is 0.467. The summed E-state index contributed by atoms with van der Waals surface area (Å²) in [5.41, 5.74) is 2.73. The van der Waals surface area contributed by atoms with Gasteiger partial charge < -0.3 is 9.67 Å². The summed E-state index contributed by atoms with van der Waals surface area (Å²) in [6.45, 7) is 8.05. The molecule has 4 nitrogen and oxygen atoms in total. The van der Waals surface area contributed by atoms with Crippen LogP contribution in [0.25, 0.3) is 11.0 Å². The van der Waals surface area contributed by atoms with Crippen molar-refractivity contribution in [2.24, 2.45) is 5.92 Å². The van der Waals surface area contributed by atoms with Crippen LogP contribution < -0.4 is 0 Å². The van der Waals surface area contributed by atoms with E-state index in [9.17, 15) is 9.90 Å². The molecule has 102 valence electrons. The van der Waals surface area contributed by atoms with Crippen molar-refractivity contribution in [3.05, 3.63) is 30.1 Å². The van der Waals surface area contributed by atoms with Crippen LogP contribution in [0.2, 0.25) is 0 Å². The van der Waals surface area contributed by atoms with E-state index in [1.165, 1.54) is 0 Å². The minimum atomic E-state index is -0.780. The topological polar surface area (TPSA) is 55.1 Å². The molecule has 0 amide bonds. The number of imidazole rings is 1. The number of benzene rings is 1. The fourth-order valence-corrected chi connectivity index (χ4v) is 2.47. The number of carboxylic acid groups (broad SMARTS) is 1. The number of hydrogen-bond donors (Lipinski definition) is 1. The van der Waals surface area contributed by atoms with E-state index in [-0.39, 0.29) is 5.92 Å². The van der Waals surface area contributed by atoms with Gasteiger partial charge in [0, 0.05) is 6.04 Å². The van der Waals surface area contributed by atoms with E-state index < -0.39 is 11.9 Å². The van der Waals surface area contributed by atoms with Crippen molar-refractivity contribution in [2.75, 3.05) is 0 Å². The maximum Gasteiger partial charge on any atom is 0.311 e.